The number of aliphatic hydroxyl groups excluding tert-OH is 1. The maximum Gasteiger partial charge on any atom is 0.219 e. The highest BCUT2D eigenvalue weighted by Crippen LogP contribution is 2.28. The van der Waals surface area contributed by atoms with Crippen LogP contribution in [0.15, 0.2) is 30.3 Å². The van der Waals surface area contributed by atoms with Crippen LogP contribution in [0.2, 0.25) is 0 Å². The van der Waals surface area contributed by atoms with Gasteiger partial charge in [0.2, 0.25) is 5.88 Å². The van der Waals surface area contributed by atoms with Gasteiger partial charge in [0.25, 0.3) is 0 Å². The fourth-order valence-corrected chi connectivity index (χ4v) is 1.95. The molecule has 0 saturated heterocycles. The van der Waals surface area contributed by atoms with E-state index in [4.69, 9.17) is 4.74 Å². The number of para-hydroxylation sites is 1. The summed E-state index contributed by atoms with van der Waals surface area (Å²) < 4.78 is 5.18. The van der Waals surface area contributed by atoms with Crippen molar-refractivity contribution in [3.05, 3.63) is 35.9 Å². The number of halogens is 1. The molecule has 1 N–H and O–H groups in total. The van der Waals surface area contributed by atoms with Gasteiger partial charge in [-0.1, -0.05) is 34.1 Å². The molecule has 0 aliphatic rings. The summed E-state index contributed by atoms with van der Waals surface area (Å²) in [5, 5.41) is 11.3. The normalized spacial score (nSPS) is 12.7. The number of rotatable bonds is 3. The van der Waals surface area contributed by atoms with E-state index in [2.05, 4.69) is 20.9 Å². The van der Waals surface area contributed by atoms with E-state index >= 15 is 0 Å². The standard InChI is InChI=1S/C12H12BrNO2/c1-16-12-9(11(15)7-13)6-8-4-2-3-5-10(8)14-12/h2-6,11,15H,7H2,1H3. The molecule has 0 amide bonds. The molecular weight excluding hydrogens is 270 g/mol. The van der Waals surface area contributed by atoms with Crippen LogP contribution >= 0.6 is 15.9 Å². The Morgan fingerprint density at radius 2 is 2.19 bits per heavy atom. The van der Waals surface area contributed by atoms with E-state index in [1.165, 1.54) is 0 Å². The third-order valence-electron chi connectivity index (χ3n) is 2.42. The van der Waals surface area contributed by atoms with E-state index in [-0.39, 0.29) is 0 Å². The highest BCUT2D eigenvalue weighted by molar-refractivity contribution is 9.09. The lowest BCUT2D eigenvalue weighted by atomic mass is 10.1. The number of fused-ring (bicyclic) bond motifs is 1. The maximum atomic E-state index is 9.83. The van der Waals surface area contributed by atoms with Crippen LogP contribution < -0.4 is 4.74 Å². The van der Waals surface area contributed by atoms with Crippen molar-refractivity contribution in [2.24, 2.45) is 0 Å². The Balaban J connectivity index is 2.62. The number of ether oxygens (including phenoxy) is 1. The number of pyridine rings is 1. The molecule has 2 rings (SSSR count). The zero-order valence-corrected chi connectivity index (χ0v) is 10.4. The summed E-state index contributed by atoms with van der Waals surface area (Å²) in [6.45, 7) is 0. The second-order valence-electron chi connectivity index (χ2n) is 3.45. The molecule has 2 aromatic rings. The lowest BCUT2D eigenvalue weighted by Gasteiger charge is -2.12. The van der Waals surface area contributed by atoms with E-state index in [0.29, 0.717) is 16.8 Å². The summed E-state index contributed by atoms with van der Waals surface area (Å²) >= 11 is 3.25. The van der Waals surface area contributed by atoms with E-state index in [1.807, 2.05) is 30.3 Å². The summed E-state index contributed by atoms with van der Waals surface area (Å²) in [5.74, 6) is 0.477. The van der Waals surface area contributed by atoms with Gasteiger partial charge < -0.3 is 9.84 Å². The quantitative estimate of drug-likeness (QED) is 0.880. The number of alkyl halides is 1. The van der Waals surface area contributed by atoms with Gasteiger partial charge in [0.05, 0.1) is 18.7 Å². The molecule has 0 aliphatic carbocycles. The average molecular weight is 282 g/mol. The van der Waals surface area contributed by atoms with Crippen molar-refractivity contribution in [2.45, 2.75) is 6.10 Å². The highest BCUT2D eigenvalue weighted by atomic mass is 79.9. The second-order valence-corrected chi connectivity index (χ2v) is 4.10. The zero-order valence-electron chi connectivity index (χ0n) is 8.85. The lowest BCUT2D eigenvalue weighted by molar-refractivity contribution is 0.199. The molecule has 1 aromatic carbocycles. The van der Waals surface area contributed by atoms with Crippen molar-refractivity contribution < 1.29 is 9.84 Å². The molecular formula is C12H12BrNO2. The summed E-state index contributed by atoms with van der Waals surface area (Å²) in [6, 6.07) is 9.66. The topological polar surface area (TPSA) is 42.4 Å². The van der Waals surface area contributed by atoms with Gasteiger partial charge >= 0.3 is 0 Å². The predicted molar refractivity (Wildman–Crippen MR) is 67.0 cm³/mol. The Kier molecular flexibility index (Phi) is 3.41. The number of methoxy groups -OCH3 is 1. The van der Waals surface area contributed by atoms with Crippen molar-refractivity contribution in [1.82, 2.24) is 4.98 Å². The van der Waals surface area contributed by atoms with Crippen molar-refractivity contribution in [2.75, 3.05) is 12.4 Å². The second kappa shape index (κ2) is 4.80. The van der Waals surface area contributed by atoms with Gasteiger partial charge in [-0.2, -0.15) is 0 Å². The number of benzene rings is 1. The van der Waals surface area contributed by atoms with Gasteiger partial charge in [0.15, 0.2) is 0 Å². The van der Waals surface area contributed by atoms with Crippen molar-refractivity contribution in [3.63, 3.8) is 0 Å². The molecule has 0 aliphatic heterocycles. The van der Waals surface area contributed by atoms with Crippen LogP contribution in [0.1, 0.15) is 11.7 Å². The van der Waals surface area contributed by atoms with Crippen LogP contribution in [0.3, 0.4) is 0 Å². The number of aliphatic hydroxyl groups is 1. The molecule has 1 heterocycles. The largest absolute Gasteiger partial charge is 0.481 e. The van der Waals surface area contributed by atoms with Gasteiger partial charge in [-0.3, -0.25) is 0 Å². The van der Waals surface area contributed by atoms with Crippen LogP contribution in [-0.4, -0.2) is 22.5 Å². The summed E-state index contributed by atoms with van der Waals surface area (Å²) in [5.41, 5.74) is 1.57. The molecule has 0 fully saturated rings. The monoisotopic (exact) mass is 281 g/mol. The first kappa shape index (κ1) is 11.4. The molecule has 1 unspecified atom stereocenters. The predicted octanol–water partition coefficient (Wildman–Crippen LogP) is 2.67. The Morgan fingerprint density at radius 3 is 2.88 bits per heavy atom. The molecule has 0 spiro atoms. The summed E-state index contributed by atoms with van der Waals surface area (Å²) in [6.07, 6.45) is -0.605. The minimum absolute atomic E-state index is 0.462. The molecule has 0 bridgehead atoms. The maximum absolute atomic E-state index is 9.83. The van der Waals surface area contributed by atoms with Crippen LogP contribution in [0.4, 0.5) is 0 Å². The van der Waals surface area contributed by atoms with Crippen molar-refractivity contribution in [1.29, 1.82) is 0 Å². The van der Waals surface area contributed by atoms with E-state index < -0.39 is 6.10 Å². The van der Waals surface area contributed by atoms with Crippen molar-refractivity contribution in [3.8, 4) is 5.88 Å². The highest BCUT2D eigenvalue weighted by Gasteiger charge is 2.14. The number of hydrogen-bond acceptors (Lipinski definition) is 3. The molecule has 84 valence electrons. The average Bonchev–Trinajstić information content (AvgIpc) is 2.36. The molecule has 4 heteroatoms. The van der Waals surface area contributed by atoms with Crippen LogP contribution in [0, 0.1) is 0 Å². The summed E-state index contributed by atoms with van der Waals surface area (Å²) in [4.78, 5) is 4.36. The smallest absolute Gasteiger partial charge is 0.219 e. The molecule has 0 saturated carbocycles. The van der Waals surface area contributed by atoms with Crippen LogP contribution in [0.25, 0.3) is 10.9 Å². The summed E-state index contributed by atoms with van der Waals surface area (Å²) in [7, 11) is 1.56. The SMILES string of the molecule is COc1nc2ccccc2cc1C(O)CBr. The molecule has 16 heavy (non-hydrogen) atoms. The van der Waals surface area contributed by atoms with Gasteiger partial charge in [-0.05, 0) is 12.1 Å². The number of hydrogen-bond donors (Lipinski definition) is 1. The molecule has 3 nitrogen and oxygen atoms in total. The van der Waals surface area contributed by atoms with Gasteiger partial charge in [0.1, 0.15) is 0 Å². The van der Waals surface area contributed by atoms with Gasteiger partial charge in [-0.15, -0.1) is 0 Å². The lowest BCUT2D eigenvalue weighted by Crippen LogP contribution is -2.03. The molecule has 1 atom stereocenters. The minimum atomic E-state index is -0.605. The van der Waals surface area contributed by atoms with Gasteiger partial charge in [-0.25, -0.2) is 4.98 Å². The van der Waals surface area contributed by atoms with E-state index in [9.17, 15) is 5.11 Å². The fraction of sp³-hybridized carbons (Fsp3) is 0.250. The van der Waals surface area contributed by atoms with Crippen molar-refractivity contribution >= 4 is 26.8 Å². The third-order valence-corrected chi connectivity index (χ3v) is 3.03. The first-order valence-electron chi connectivity index (χ1n) is 4.94. The number of aromatic nitrogens is 1. The molecule has 0 radical (unpaired) electrons. The fourth-order valence-electron chi connectivity index (χ4n) is 1.60. The Bertz CT molecular complexity index is 501. The minimum Gasteiger partial charge on any atom is -0.481 e. The van der Waals surface area contributed by atoms with Crippen LogP contribution in [-0.2, 0) is 0 Å². The Morgan fingerprint density at radius 1 is 1.44 bits per heavy atom. The van der Waals surface area contributed by atoms with Gasteiger partial charge in [0, 0.05) is 16.3 Å². The first-order valence-corrected chi connectivity index (χ1v) is 6.06. The zero-order chi connectivity index (χ0) is 11.5. The molecule has 1 aromatic heterocycles. The Labute approximate surface area is 102 Å². The number of nitrogens with zero attached hydrogens (tertiary/aromatic N) is 1. The third kappa shape index (κ3) is 2.03. The Hall–Kier alpha value is -1.13. The van der Waals surface area contributed by atoms with Crippen LogP contribution in [0.5, 0.6) is 5.88 Å². The van der Waals surface area contributed by atoms with E-state index in [1.54, 1.807) is 7.11 Å². The first-order chi connectivity index (χ1) is 7.76. The van der Waals surface area contributed by atoms with E-state index in [0.717, 1.165) is 10.9 Å².